The summed E-state index contributed by atoms with van der Waals surface area (Å²) in [6.45, 7) is 2.23. The van der Waals surface area contributed by atoms with E-state index in [1.165, 1.54) is 24.9 Å². The maximum atomic E-state index is 5.36. The molecular weight excluding hydrogens is 228 g/mol. The van der Waals surface area contributed by atoms with Gasteiger partial charge in [-0.2, -0.15) is 5.10 Å². The van der Waals surface area contributed by atoms with Gasteiger partial charge in [0.05, 0.1) is 12.8 Å². The van der Waals surface area contributed by atoms with E-state index in [4.69, 9.17) is 4.74 Å². The van der Waals surface area contributed by atoms with Crippen LogP contribution in [-0.2, 0) is 0 Å². The lowest BCUT2D eigenvalue weighted by Crippen LogP contribution is -2.17. The van der Waals surface area contributed by atoms with E-state index < -0.39 is 0 Å². The lowest BCUT2D eigenvalue weighted by atomic mass is 10.2. The Balaban J connectivity index is 2.01. The first-order chi connectivity index (χ1) is 8.86. The minimum absolute atomic E-state index is 0.852. The predicted molar refractivity (Wildman–Crippen MR) is 69.4 cm³/mol. The van der Waals surface area contributed by atoms with Gasteiger partial charge < -0.3 is 9.64 Å². The van der Waals surface area contributed by atoms with Crippen LogP contribution in [0, 0.1) is 0 Å². The van der Waals surface area contributed by atoms with Crippen molar-refractivity contribution in [2.45, 2.75) is 12.8 Å². The Hall–Kier alpha value is -2.04. The van der Waals surface area contributed by atoms with Gasteiger partial charge in [0.2, 0.25) is 0 Å². The number of anilines is 1. The molecule has 1 saturated heterocycles. The molecule has 0 radical (unpaired) electrons. The van der Waals surface area contributed by atoms with Crippen molar-refractivity contribution in [1.29, 1.82) is 0 Å². The monoisotopic (exact) mass is 244 g/mol. The van der Waals surface area contributed by atoms with Crippen molar-refractivity contribution in [3.05, 3.63) is 30.9 Å². The molecule has 0 saturated carbocycles. The van der Waals surface area contributed by atoms with Crippen molar-refractivity contribution in [3.63, 3.8) is 0 Å². The number of benzene rings is 1. The molecule has 0 spiro atoms. The Bertz CT molecular complexity index is 518. The molecule has 1 aromatic heterocycles. The molecule has 0 amide bonds. The summed E-state index contributed by atoms with van der Waals surface area (Å²) in [5.74, 6) is 0.852. The van der Waals surface area contributed by atoms with Gasteiger partial charge in [0.25, 0.3) is 0 Å². The Morgan fingerprint density at radius 1 is 1.11 bits per heavy atom. The van der Waals surface area contributed by atoms with Crippen LogP contribution < -0.4 is 9.64 Å². The quantitative estimate of drug-likeness (QED) is 0.826. The zero-order valence-electron chi connectivity index (χ0n) is 10.4. The first kappa shape index (κ1) is 11.1. The summed E-state index contributed by atoms with van der Waals surface area (Å²) in [6.07, 6.45) is 5.75. The smallest absolute Gasteiger partial charge is 0.138 e. The van der Waals surface area contributed by atoms with E-state index in [0.717, 1.165) is 24.5 Å². The van der Waals surface area contributed by atoms with Crippen LogP contribution in [0.2, 0.25) is 0 Å². The number of rotatable bonds is 3. The van der Waals surface area contributed by atoms with Crippen molar-refractivity contribution in [1.82, 2.24) is 14.8 Å². The molecule has 0 atom stereocenters. The van der Waals surface area contributed by atoms with Crippen molar-refractivity contribution < 1.29 is 4.74 Å². The molecule has 0 unspecified atom stereocenters. The number of ether oxygens (including phenoxy) is 1. The summed E-state index contributed by atoms with van der Waals surface area (Å²) in [5, 5.41) is 4.16. The van der Waals surface area contributed by atoms with Crippen LogP contribution in [-0.4, -0.2) is 35.0 Å². The number of hydrogen-bond donors (Lipinski definition) is 0. The number of nitrogens with zero attached hydrogens (tertiary/aromatic N) is 4. The van der Waals surface area contributed by atoms with Crippen LogP contribution in [0.4, 0.5) is 5.69 Å². The molecule has 5 heteroatoms. The number of methoxy groups -OCH3 is 1. The van der Waals surface area contributed by atoms with Crippen molar-refractivity contribution in [3.8, 4) is 11.4 Å². The van der Waals surface area contributed by atoms with Crippen LogP contribution in [0.1, 0.15) is 12.8 Å². The molecule has 2 aromatic rings. The molecular formula is C13H16N4O. The van der Waals surface area contributed by atoms with E-state index in [0.29, 0.717) is 0 Å². The average Bonchev–Trinajstić information content (AvgIpc) is 3.10. The van der Waals surface area contributed by atoms with E-state index in [1.54, 1.807) is 18.1 Å². The van der Waals surface area contributed by atoms with Crippen LogP contribution in [0.3, 0.4) is 0 Å². The summed E-state index contributed by atoms with van der Waals surface area (Å²) in [6, 6.07) is 6.17. The van der Waals surface area contributed by atoms with E-state index in [2.05, 4.69) is 27.1 Å². The van der Waals surface area contributed by atoms with Crippen LogP contribution in [0.25, 0.3) is 5.69 Å². The van der Waals surface area contributed by atoms with Gasteiger partial charge in [-0.25, -0.2) is 9.67 Å². The van der Waals surface area contributed by atoms with Crippen LogP contribution in [0.5, 0.6) is 5.75 Å². The van der Waals surface area contributed by atoms with Gasteiger partial charge in [-0.15, -0.1) is 0 Å². The third-order valence-corrected chi connectivity index (χ3v) is 3.27. The molecule has 0 bridgehead atoms. The lowest BCUT2D eigenvalue weighted by Gasteiger charge is -2.19. The molecule has 1 aliphatic rings. The van der Waals surface area contributed by atoms with Crippen LogP contribution >= 0.6 is 0 Å². The Labute approximate surface area is 106 Å². The van der Waals surface area contributed by atoms with E-state index >= 15 is 0 Å². The molecule has 0 N–H and O–H groups in total. The largest absolute Gasteiger partial charge is 0.497 e. The van der Waals surface area contributed by atoms with Gasteiger partial charge in [0, 0.05) is 30.9 Å². The molecule has 1 fully saturated rings. The maximum absolute atomic E-state index is 5.36. The number of hydrogen-bond acceptors (Lipinski definition) is 4. The summed E-state index contributed by atoms with van der Waals surface area (Å²) in [5.41, 5.74) is 2.17. The molecule has 1 aromatic carbocycles. The fraction of sp³-hybridized carbons (Fsp3) is 0.385. The zero-order valence-corrected chi connectivity index (χ0v) is 10.4. The Morgan fingerprint density at radius 3 is 2.56 bits per heavy atom. The third-order valence-electron chi connectivity index (χ3n) is 3.27. The summed E-state index contributed by atoms with van der Waals surface area (Å²) < 4.78 is 7.12. The highest BCUT2D eigenvalue weighted by molar-refractivity contribution is 5.58. The zero-order chi connectivity index (χ0) is 12.4. The highest BCUT2D eigenvalue weighted by Gasteiger charge is 2.14. The summed E-state index contributed by atoms with van der Waals surface area (Å²) in [4.78, 5) is 6.36. The van der Waals surface area contributed by atoms with Gasteiger partial charge in [-0.1, -0.05) is 0 Å². The molecule has 18 heavy (non-hydrogen) atoms. The van der Waals surface area contributed by atoms with Crippen molar-refractivity contribution >= 4 is 5.69 Å². The summed E-state index contributed by atoms with van der Waals surface area (Å²) >= 11 is 0. The highest BCUT2D eigenvalue weighted by Crippen LogP contribution is 2.28. The van der Waals surface area contributed by atoms with Crippen LogP contribution in [0.15, 0.2) is 30.9 Å². The van der Waals surface area contributed by atoms with Gasteiger partial charge >= 0.3 is 0 Å². The maximum Gasteiger partial charge on any atom is 0.138 e. The fourth-order valence-corrected chi connectivity index (χ4v) is 2.32. The molecule has 94 valence electrons. The van der Waals surface area contributed by atoms with Gasteiger partial charge in [0.15, 0.2) is 0 Å². The van der Waals surface area contributed by atoms with Crippen molar-refractivity contribution in [2.75, 3.05) is 25.1 Å². The lowest BCUT2D eigenvalue weighted by molar-refractivity contribution is 0.414. The molecule has 1 aliphatic heterocycles. The molecule has 0 aliphatic carbocycles. The van der Waals surface area contributed by atoms with E-state index in [1.807, 2.05) is 6.07 Å². The summed E-state index contributed by atoms with van der Waals surface area (Å²) in [7, 11) is 1.69. The Morgan fingerprint density at radius 2 is 1.89 bits per heavy atom. The second-order valence-corrected chi connectivity index (χ2v) is 4.42. The topological polar surface area (TPSA) is 43.2 Å². The normalized spacial score (nSPS) is 15.1. The molecule has 2 heterocycles. The highest BCUT2D eigenvalue weighted by atomic mass is 16.5. The van der Waals surface area contributed by atoms with E-state index in [-0.39, 0.29) is 0 Å². The SMILES string of the molecule is COc1cc(N2CCCC2)cc(-n2cncn2)c1. The first-order valence-corrected chi connectivity index (χ1v) is 6.16. The van der Waals surface area contributed by atoms with Gasteiger partial charge in [-0.05, 0) is 18.9 Å². The molecule has 5 nitrogen and oxygen atoms in total. The minimum Gasteiger partial charge on any atom is -0.497 e. The average molecular weight is 244 g/mol. The Kier molecular flexibility index (Phi) is 2.88. The van der Waals surface area contributed by atoms with E-state index in [9.17, 15) is 0 Å². The van der Waals surface area contributed by atoms with Gasteiger partial charge in [0.1, 0.15) is 18.4 Å². The first-order valence-electron chi connectivity index (χ1n) is 6.16. The van der Waals surface area contributed by atoms with Gasteiger partial charge in [-0.3, -0.25) is 0 Å². The fourth-order valence-electron chi connectivity index (χ4n) is 2.32. The molecule has 3 rings (SSSR count). The van der Waals surface area contributed by atoms with Crippen molar-refractivity contribution in [2.24, 2.45) is 0 Å². The number of aromatic nitrogens is 3. The third kappa shape index (κ3) is 2.03. The second kappa shape index (κ2) is 4.68. The minimum atomic E-state index is 0.852. The standard InChI is InChI=1S/C13H16N4O/c1-18-13-7-11(16-4-2-3-5-16)6-12(8-13)17-10-14-9-15-17/h6-10H,2-5H2,1H3. The second-order valence-electron chi connectivity index (χ2n) is 4.42. The predicted octanol–water partition coefficient (Wildman–Crippen LogP) is 1.88.